The zero-order valence-corrected chi connectivity index (χ0v) is 11.0. The molecular weight excluding hydrogens is 238 g/mol. The van der Waals surface area contributed by atoms with Crippen LogP contribution in [0.25, 0.3) is 0 Å². The zero-order chi connectivity index (χ0) is 12.9. The molecule has 0 amide bonds. The Labute approximate surface area is 107 Å². The second-order valence-corrected chi connectivity index (χ2v) is 4.75. The predicted octanol–water partition coefficient (Wildman–Crippen LogP) is 3.41. The van der Waals surface area contributed by atoms with Crippen LogP contribution in [0.3, 0.4) is 0 Å². The molecule has 0 fully saturated rings. The lowest BCUT2D eigenvalue weighted by atomic mass is 10.1. The number of hydrogen-bond donors (Lipinski definition) is 0. The van der Waals surface area contributed by atoms with Crippen molar-refractivity contribution in [3.05, 3.63) is 28.8 Å². The van der Waals surface area contributed by atoms with E-state index in [-0.39, 0.29) is 5.60 Å². The van der Waals surface area contributed by atoms with Gasteiger partial charge in [-0.3, -0.25) is 0 Å². The van der Waals surface area contributed by atoms with E-state index in [0.29, 0.717) is 22.9 Å². The number of halogens is 1. The summed E-state index contributed by atoms with van der Waals surface area (Å²) in [6.45, 7) is 4.45. The molecule has 0 aromatic heterocycles. The van der Waals surface area contributed by atoms with Crippen molar-refractivity contribution in [3.8, 4) is 11.8 Å². The zero-order valence-electron chi connectivity index (χ0n) is 10.3. The van der Waals surface area contributed by atoms with Crippen LogP contribution in [-0.4, -0.2) is 19.3 Å². The summed E-state index contributed by atoms with van der Waals surface area (Å²) >= 11 is 5.86. The van der Waals surface area contributed by atoms with Crippen molar-refractivity contribution in [3.63, 3.8) is 0 Å². The van der Waals surface area contributed by atoms with E-state index in [1.807, 2.05) is 13.8 Å². The molecule has 4 heteroatoms. The fourth-order valence-corrected chi connectivity index (χ4v) is 1.38. The van der Waals surface area contributed by atoms with Crippen molar-refractivity contribution in [1.82, 2.24) is 0 Å². The largest absolute Gasteiger partial charge is 0.492 e. The molecular formula is C13H16ClNO2. The minimum Gasteiger partial charge on any atom is -0.492 e. The molecule has 1 rings (SSSR count). The second-order valence-electron chi connectivity index (χ2n) is 4.31. The minimum atomic E-state index is -0.231. The van der Waals surface area contributed by atoms with Crippen molar-refractivity contribution in [2.75, 3.05) is 13.7 Å². The summed E-state index contributed by atoms with van der Waals surface area (Å²) in [5, 5.41) is 9.48. The lowest BCUT2D eigenvalue weighted by Crippen LogP contribution is -2.25. The number of nitrogens with zero attached hydrogens (tertiary/aromatic N) is 1. The van der Waals surface area contributed by atoms with Gasteiger partial charge in [0.15, 0.2) is 0 Å². The van der Waals surface area contributed by atoms with Gasteiger partial charge < -0.3 is 9.47 Å². The maximum absolute atomic E-state index is 8.92. The van der Waals surface area contributed by atoms with E-state index in [1.54, 1.807) is 25.3 Å². The van der Waals surface area contributed by atoms with Gasteiger partial charge in [0.05, 0.1) is 17.8 Å². The molecule has 0 radical (unpaired) electrons. The number of hydrogen-bond acceptors (Lipinski definition) is 3. The topological polar surface area (TPSA) is 42.2 Å². The molecule has 0 heterocycles. The van der Waals surface area contributed by atoms with Gasteiger partial charge in [0, 0.05) is 24.6 Å². The average Bonchev–Trinajstić information content (AvgIpc) is 2.29. The van der Waals surface area contributed by atoms with Gasteiger partial charge in [0.25, 0.3) is 0 Å². The van der Waals surface area contributed by atoms with Crippen molar-refractivity contribution in [1.29, 1.82) is 5.26 Å². The van der Waals surface area contributed by atoms with Crippen LogP contribution in [-0.2, 0) is 4.74 Å². The lowest BCUT2D eigenvalue weighted by Gasteiger charge is -2.22. The van der Waals surface area contributed by atoms with Crippen molar-refractivity contribution in [2.24, 2.45) is 0 Å². The van der Waals surface area contributed by atoms with Crippen LogP contribution in [0.2, 0.25) is 5.02 Å². The molecule has 92 valence electrons. The van der Waals surface area contributed by atoms with Gasteiger partial charge in [0.2, 0.25) is 0 Å². The second kappa shape index (κ2) is 5.90. The number of rotatable bonds is 5. The van der Waals surface area contributed by atoms with Crippen LogP contribution in [0, 0.1) is 11.3 Å². The Hall–Kier alpha value is -1.24. The Morgan fingerprint density at radius 2 is 2.12 bits per heavy atom. The smallest absolute Gasteiger partial charge is 0.138 e. The van der Waals surface area contributed by atoms with E-state index >= 15 is 0 Å². The Kier molecular flexibility index (Phi) is 4.80. The molecule has 1 aromatic carbocycles. The Morgan fingerprint density at radius 1 is 1.41 bits per heavy atom. The minimum absolute atomic E-state index is 0.231. The van der Waals surface area contributed by atoms with Crippen LogP contribution in [0.5, 0.6) is 5.75 Å². The molecule has 0 saturated carbocycles. The number of ether oxygens (including phenoxy) is 2. The normalized spacial score (nSPS) is 11.0. The van der Waals surface area contributed by atoms with Crippen molar-refractivity contribution >= 4 is 11.6 Å². The summed E-state index contributed by atoms with van der Waals surface area (Å²) in [5.41, 5.74) is 0.260. The van der Waals surface area contributed by atoms with Crippen molar-refractivity contribution < 1.29 is 9.47 Å². The summed E-state index contributed by atoms with van der Waals surface area (Å²) < 4.78 is 10.8. The van der Waals surface area contributed by atoms with Crippen LogP contribution >= 0.6 is 11.6 Å². The molecule has 0 atom stereocenters. The average molecular weight is 254 g/mol. The van der Waals surface area contributed by atoms with E-state index in [2.05, 4.69) is 6.07 Å². The third-order valence-corrected chi connectivity index (χ3v) is 2.81. The van der Waals surface area contributed by atoms with Crippen LogP contribution < -0.4 is 4.74 Å². The van der Waals surface area contributed by atoms with Gasteiger partial charge in [-0.2, -0.15) is 5.26 Å². The Bertz CT molecular complexity index is 424. The predicted molar refractivity (Wildman–Crippen MR) is 67.4 cm³/mol. The van der Waals surface area contributed by atoms with Gasteiger partial charge >= 0.3 is 0 Å². The molecule has 3 nitrogen and oxygen atoms in total. The molecule has 0 saturated heterocycles. The van der Waals surface area contributed by atoms with E-state index in [0.717, 1.165) is 6.42 Å². The van der Waals surface area contributed by atoms with Crippen LogP contribution in [0.4, 0.5) is 0 Å². The molecule has 1 aromatic rings. The maximum atomic E-state index is 8.92. The highest BCUT2D eigenvalue weighted by molar-refractivity contribution is 6.30. The molecule has 0 aliphatic carbocycles. The fraction of sp³-hybridized carbons (Fsp3) is 0.462. The van der Waals surface area contributed by atoms with Gasteiger partial charge in [0.1, 0.15) is 11.8 Å². The lowest BCUT2D eigenvalue weighted by molar-refractivity contribution is 0.00543. The molecule has 0 bridgehead atoms. The number of benzene rings is 1. The standard InChI is InChI=1S/C13H16ClNO2/c1-13(2,16-3)6-7-17-12-8-11(14)5-4-10(12)9-15/h4-5,8H,6-7H2,1-3H3. The molecule has 0 aliphatic heterocycles. The first-order valence-electron chi connectivity index (χ1n) is 5.36. The van der Waals surface area contributed by atoms with E-state index in [4.69, 9.17) is 26.3 Å². The molecule has 0 aliphatic rings. The summed E-state index contributed by atoms with van der Waals surface area (Å²) in [6, 6.07) is 7.05. The van der Waals surface area contributed by atoms with Crippen LogP contribution in [0.1, 0.15) is 25.8 Å². The SMILES string of the molecule is COC(C)(C)CCOc1cc(Cl)ccc1C#N. The van der Waals surface area contributed by atoms with E-state index in [1.165, 1.54) is 0 Å². The van der Waals surface area contributed by atoms with Gasteiger partial charge in [-0.25, -0.2) is 0 Å². The monoisotopic (exact) mass is 253 g/mol. The highest BCUT2D eigenvalue weighted by Gasteiger charge is 2.16. The Balaban J connectivity index is 2.64. The fourth-order valence-electron chi connectivity index (χ4n) is 1.22. The first-order chi connectivity index (χ1) is 7.98. The van der Waals surface area contributed by atoms with E-state index in [9.17, 15) is 0 Å². The van der Waals surface area contributed by atoms with Crippen LogP contribution in [0.15, 0.2) is 18.2 Å². The third kappa shape index (κ3) is 4.26. The van der Waals surface area contributed by atoms with Crippen molar-refractivity contribution in [2.45, 2.75) is 25.9 Å². The number of methoxy groups -OCH3 is 1. The van der Waals surface area contributed by atoms with E-state index < -0.39 is 0 Å². The summed E-state index contributed by atoms with van der Waals surface area (Å²) in [7, 11) is 1.67. The maximum Gasteiger partial charge on any atom is 0.138 e. The highest BCUT2D eigenvalue weighted by Crippen LogP contribution is 2.23. The molecule has 17 heavy (non-hydrogen) atoms. The quantitative estimate of drug-likeness (QED) is 0.808. The molecule has 0 spiro atoms. The molecule has 0 N–H and O–H groups in total. The summed E-state index contributed by atoms with van der Waals surface area (Å²) in [6.07, 6.45) is 0.737. The first-order valence-corrected chi connectivity index (χ1v) is 5.74. The first kappa shape index (κ1) is 13.8. The van der Waals surface area contributed by atoms with Gasteiger partial charge in [-0.05, 0) is 26.0 Å². The molecule has 0 unspecified atom stereocenters. The van der Waals surface area contributed by atoms with Gasteiger partial charge in [-0.1, -0.05) is 11.6 Å². The summed E-state index contributed by atoms with van der Waals surface area (Å²) in [5.74, 6) is 0.520. The number of nitriles is 1. The third-order valence-electron chi connectivity index (χ3n) is 2.58. The van der Waals surface area contributed by atoms with Gasteiger partial charge in [-0.15, -0.1) is 0 Å². The Morgan fingerprint density at radius 3 is 2.71 bits per heavy atom. The highest BCUT2D eigenvalue weighted by atomic mass is 35.5. The summed E-state index contributed by atoms with van der Waals surface area (Å²) in [4.78, 5) is 0.